The second-order valence-electron chi connectivity index (χ2n) is 16.8. The Balaban J connectivity index is 0.850. The third-order valence-corrected chi connectivity index (χ3v) is 16.8. The van der Waals surface area contributed by atoms with E-state index in [0.717, 1.165) is 17.2 Å². The number of hydrogen-bond donors (Lipinski definition) is 12. The Morgan fingerprint density at radius 3 is 2.22 bits per heavy atom. The van der Waals surface area contributed by atoms with Crippen molar-refractivity contribution in [2.75, 3.05) is 64.0 Å². The summed E-state index contributed by atoms with van der Waals surface area (Å²) < 4.78 is 114. The summed E-state index contributed by atoms with van der Waals surface area (Å²) in [7, 11) is -20.5. The summed E-state index contributed by atoms with van der Waals surface area (Å²) in [5.41, 5.74) is 13.8. The normalized spacial score (nSPS) is 27.7. The molecule has 9 heterocycles. The maximum absolute atomic E-state index is 13.3. The average molecular weight is 1160 g/mol. The van der Waals surface area contributed by atoms with E-state index in [0.29, 0.717) is 0 Å². The topological polar surface area (TPSA) is 551 Å². The molecule has 14 atom stereocenters. The molecule has 0 amide bonds. The van der Waals surface area contributed by atoms with Crippen molar-refractivity contribution in [3.8, 4) is 0 Å². The lowest BCUT2D eigenvalue weighted by Gasteiger charge is -2.29. The number of anilines is 3. The van der Waals surface area contributed by atoms with E-state index in [2.05, 4.69) is 48.5 Å². The molecule has 0 radical (unpaired) electrons. The van der Waals surface area contributed by atoms with Gasteiger partial charge >= 0.3 is 36.9 Å². The Kier molecular flexibility index (Phi) is 15.3. The highest BCUT2D eigenvalue weighted by molar-refractivity contribution is 7.66. The van der Waals surface area contributed by atoms with Crippen molar-refractivity contribution < 1.29 is 108 Å². The minimum atomic E-state index is -6.19. The van der Waals surface area contributed by atoms with Crippen LogP contribution in [0, 0.1) is 0 Å². The minimum Gasteiger partial charge on any atom is -0.387 e. The summed E-state index contributed by atoms with van der Waals surface area (Å²) in [4.78, 5) is 95.8. The molecule has 0 aromatic carbocycles. The summed E-state index contributed by atoms with van der Waals surface area (Å²) in [5, 5.41) is 32.7. The van der Waals surface area contributed by atoms with Crippen LogP contribution in [-0.4, -0.2) is 177 Å². The molecule has 0 spiro atoms. The number of rotatable bonds is 23. The predicted molar refractivity (Wildman–Crippen MR) is 244 cm³/mol. The highest BCUT2D eigenvalue weighted by Crippen LogP contribution is 2.68. The summed E-state index contributed by atoms with van der Waals surface area (Å²) in [6.45, 7) is -5.25. The van der Waals surface area contributed by atoms with Gasteiger partial charge in [-0.1, -0.05) is 4.98 Å². The Morgan fingerprint density at radius 1 is 0.829 bits per heavy atom. The first-order valence-electron chi connectivity index (χ1n) is 21.6. The smallest absolute Gasteiger partial charge is 0.387 e. The molecule has 76 heavy (non-hydrogen) atoms. The van der Waals surface area contributed by atoms with Crippen molar-refractivity contribution in [2.45, 2.75) is 60.9 Å². The number of imidazole rings is 3. The van der Waals surface area contributed by atoms with Crippen molar-refractivity contribution >= 4 is 82.5 Å². The van der Waals surface area contributed by atoms with E-state index in [1.807, 2.05) is 0 Å². The second kappa shape index (κ2) is 20.9. The number of aliphatic hydroxyl groups excluding tert-OH is 3. The molecule has 6 unspecified atom stereocenters. The highest BCUT2D eigenvalue weighted by Gasteiger charge is 2.64. The van der Waals surface area contributed by atoms with Crippen molar-refractivity contribution in [3.63, 3.8) is 0 Å². The summed E-state index contributed by atoms with van der Waals surface area (Å²) in [6.07, 6.45) is -9.09. The Labute approximate surface area is 421 Å². The molecule has 416 valence electrons. The fourth-order valence-corrected chi connectivity index (χ4v) is 12.6. The molecule has 2 bridgehead atoms. The second-order valence-corrected chi connectivity index (χ2v) is 22.9. The summed E-state index contributed by atoms with van der Waals surface area (Å²) >= 11 is 0. The van der Waals surface area contributed by atoms with Gasteiger partial charge in [0.1, 0.15) is 54.1 Å². The van der Waals surface area contributed by atoms with Crippen molar-refractivity contribution in [2.24, 2.45) is 7.05 Å². The van der Waals surface area contributed by atoms with Gasteiger partial charge in [0.25, 0.3) is 17.1 Å². The standard InChI is InChI=1S/C33H45N15O24P4/c1-45-12-48(26-18(45)28(53)44-32(36)42-26)30-21-22(51)33(70-30,7-63-21)8-67-75(58,59)72-76(60,61)71-74(56,57)65-4-13(68-15(6-62-2)46-10-39-16-23(34)37-9-38-24(16)46)3-64-73(54,55)66-5-14-19(49)20(50)29(69-14)47-11-40-17-25(47)41-31(35)43-27(17)52/h9-15,19-22,29-30,49-51H,3-8H2,1-2H3,(H11-,34,35,36,37,38,41,42,43,44,52,53,54,55,56,57,58,59,60,61)/p+1/t13-,14+,15+,19-,20?,21-,22?,29+,30+,33+/m0/s1. The Bertz CT molecular complexity index is 3490. The quantitative estimate of drug-likeness (QED) is 0.0215. The SMILES string of the molecule is COC[C@@H](O[C@@H](COP(=O)(O)OC[C@H]1O[C@@H](n2cnc3c(=O)[nH]c(N)nc32)C(O)[C@H]1O)COP(=O)(O)OP(=O)(O)OP(=O)(O)OC[C@]12CO[C@@H](C1O)[C@H]([n+]1cn(C)c3c(=O)[nH]c(N)nc31)O2)n1cnc2c(N)ncnc21. The minimum absolute atomic E-state index is 0.00506. The number of aromatic nitrogens is 12. The summed E-state index contributed by atoms with van der Waals surface area (Å²) in [6, 6.07) is 0. The van der Waals surface area contributed by atoms with Crippen molar-refractivity contribution in [1.82, 2.24) is 53.6 Å². The number of nitrogens with two attached hydrogens (primary N) is 3. The number of aliphatic hydroxyl groups is 3. The van der Waals surface area contributed by atoms with Gasteiger partial charge in [0, 0.05) is 7.11 Å². The number of hydrogen-bond acceptors (Lipinski definition) is 29. The van der Waals surface area contributed by atoms with Crippen LogP contribution in [0.3, 0.4) is 0 Å². The number of H-pyrrole nitrogens is 2. The van der Waals surface area contributed by atoms with Crippen LogP contribution in [-0.2, 0) is 75.7 Å². The Morgan fingerprint density at radius 2 is 1.50 bits per heavy atom. The van der Waals surface area contributed by atoms with Crippen LogP contribution in [0.1, 0.15) is 18.7 Å². The van der Waals surface area contributed by atoms with Crippen LogP contribution in [0.5, 0.6) is 0 Å². The Hall–Kier alpha value is -5.15. The number of aryl methyl sites for hydroxylation is 1. The van der Waals surface area contributed by atoms with E-state index in [1.165, 1.54) is 40.5 Å². The number of fused-ring (bicyclic) bond motifs is 5. The predicted octanol–water partition coefficient (Wildman–Crippen LogP) is -4.05. The maximum Gasteiger partial charge on any atom is 0.490 e. The molecule has 39 nitrogen and oxygen atoms in total. The van der Waals surface area contributed by atoms with Gasteiger partial charge in [0.15, 0.2) is 41.4 Å². The molecule has 3 saturated heterocycles. The van der Waals surface area contributed by atoms with Gasteiger partial charge in [-0.3, -0.25) is 51.4 Å². The van der Waals surface area contributed by atoms with Gasteiger partial charge in [-0.15, -0.1) is 0 Å². The van der Waals surface area contributed by atoms with Crippen LogP contribution in [0.4, 0.5) is 17.7 Å². The number of nitrogens with zero attached hydrogens (tertiary/aromatic N) is 10. The van der Waals surface area contributed by atoms with Crippen LogP contribution < -0.4 is 32.9 Å². The highest BCUT2D eigenvalue weighted by atomic mass is 31.3. The number of ether oxygens (including phenoxy) is 5. The van der Waals surface area contributed by atoms with Crippen LogP contribution >= 0.6 is 31.3 Å². The van der Waals surface area contributed by atoms with Gasteiger partial charge in [0.05, 0.1) is 59.3 Å². The van der Waals surface area contributed by atoms with Gasteiger partial charge in [-0.25, -0.2) is 42.8 Å². The van der Waals surface area contributed by atoms with E-state index in [1.54, 1.807) is 0 Å². The van der Waals surface area contributed by atoms with Gasteiger partial charge < -0.3 is 75.8 Å². The van der Waals surface area contributed by atoms with Gasteiger partial charge in [-0.05, 0) is 0 Å². The first-order valence-corrected chi connectivity index (χ1v) is 27.5. The molecule has 3 fully saturated rings. The molecule has 9 rings (SSSR count). The maximum atomic E-state index is 13.3. The molecule has 6 aromatic heterocycles. The fraction of sp³-hybridized carbons (Fsp3) is 0.545. The van der Waals surface area contributed by atoms with Crippen molar-refractivity contribution in [1.29, 1.82) is 0 Å². The van der Waals surface area contributed by atoms with E-state index in [9.17, 15) is 62.7 Å². The molecule has 3 aliphatic heterocycles. The molecule has 0 saturated carbocycles. The lowest BCUT2D eigenvalue weighted by molar-refractivity contribution is -0.752. The third kappa shape index (κ3) is 11.3. The van der Waals surface area contributed by atoms with Gasteiger partial charge in [0.2, 0.25) is 17.7 Å². The van der Waals surface area contributed by atoms with E-state index in [-0.39, 0.29) is 57.8 Å². The number of phosphoric ester groups is 3. The molecular weight excluding hydrogens is 1110 g/mol. The van der Waals surface area contributed by atoms with Gasteiger partial charge in [-0.2, -0.15) is 13.6 Å². The number of phosphoric acid groups is 4. The zero-order valence-electron chi connectivity index (χ0n) is 38.8. The molecule has 15 N–H and O–H groups in total. The first-order chi connectivity index (χ1) is 35.7. The zero-order chi connectivity index (χ0) is 54.9. The number of nitrogens with one attached hydrogen (secondary N) is 2. The number of aromatic amines is 2. The number of nitrogen functional groups attached to an aromatic ring is 3. The van der Waals surface area contributed by atoms with E-state index in [4.69, 9.17) is 59.0 Å². The van der Waals surface area contributed by atoms with E-state index >= 15 is 0 Å². The third-order valence-electron chi connectivity index (χ3n) is 11.6. The zero-order valence-corrected chi connectivity index (χ0v) is 42.4. The lowest BCUT2D eigenvalue weighted by Crippen LogP contribution is -2.50. The van der Waals surface area contributed by atoms with E-state index < -0.39 is 136 Å². The lowest BCUT2D eigenvalue weighted by atomic mass is 10.0. The van der Waals surface area contributed by atoms with Crippen LogP contribution in [0.25, 0.3) is 33.5 Å². The molecule has 0 aliphatic carbocycles. The molecular formula is C33H46N15O24P4+. The van der Waals surface area contributed by atoms with Crippen LogP contribution in [0.2, 0.25) is 0 Å². The average Bonchev–Trinajstić information content (AvgIpc) is 4.19. The molecule has 6 aromatic rings. The fourth-order valence-electron chi connectivity index (χ4n) is 8.25. The monoisotopic (exact) mass is 1160 g/mol. The van der Waals surface area contributed by atoms with Crippen molar-refractivity contribution in [3.05, 3.63) is 46.0 Å². The van der Waals surface area contributed by atoms with Crippen LogP contribution in [0.15, 0.2) is 34.9 Å². The first kappa shape index (κ1) is 55.6. The largest absolute Gasteiger partial charge is 0.490 e. The molecule has 3 aliphatic rings. The summed E-state index contributed by atoms with van der Waals surface area (Å²) in [5.74, 6) is -0.623. The number of methoxy groups -OCH3 is 1. The molecule has 43 heteroatoms.